The molecule has 0 aliphatic rings. The predicted molar refractivity (Wildman–Crippen MR) is 76.8 cm³/mol. The molecule has 4 nitrogen and oxygen atoms in total. The zero-order valence-corrected chi connectivity index (χ0v) is 11.2. The van der Waals surface area contributed by atoms with Crippen LogP contribution in [-0.4, -0.2) is 14.5 Å². The van der Waals surface area contributed by atoms with E-state index in [1.807, 2.05) is 23.6 Å². The summed E-state index contributed by atoms with van der Waals surface area (Å²) in [7, 11) is 0. The summed E-state index contributed by atoms with van der Waals surface area (Å²) in [5.41, 5.74) is 9.53. The minimum absolute atomic E-state index is 0.222. The monoisotopic (exact) mass is 270 g/mol. The van der Waals surface area contributed by atoms with Gasteiger partial charge < -0.3 is 5.73 Å². The van der Waals surface area contributed by atoms with Crippen molar-refractivity contribution in [1.82, 2.24) is 14.5 Å². The molecule has 20 heavy (non-hydrogen) atoms. The van der Waals surface area contributed by atoms with Crippen LogP contribution in [0.2, 0.25) is 0 Å². The highest BCUT2D eigenvalue weighted by atomic mass is 19.1. The molecule has 0 aliphatic heterocycles. The van der Waals surface area contributed by atoms with Gasteiger partial charge in [-0.05, 0) is 42.7 Å². The Hall–Kier alpha value is -2.43. The van der Waals surface area contributed by atoms with Crippen molar-refractivity contribution in [3.8, 4) is 0 Å². The van der Waals surface area contributed by atoms with E-state index >= 15 is 0 Å². The van der Waals surface area contributed by atoms with Crippen LogP contribution >= 0.6 is 0 Å². The molecule has 0 bridgehead atoms. The lowest BCUT2D eigenvalue weighted by Crippen LogP contribution is -2.06. The minimum Gasteiger partial charge on any atom is -0.369 e. The van der Waals surface area contributed by atoms with Gasteiger partial charge in [-0.15, -0.1) is 0 Å². The molecule has 0 amide bonds. The second-order valence-corrected chi connectivity index (χ2v) is 4.80. The predicted octanol–water partition coefficient (Wildman–Crippen LogP) is 2.70. The van der Waals surface area contributed by atoms with Gasteiger partial charge in [0.25, 0.3) is 0 Å². The highest BCUT2D eigenvalue weighted by molar-refractivity contribution is 5.77. The average Bonchev–Trinajstić information content (AvgIpc) is 2.74. The fourth-order valence-electron chi connectivity index (χ4n) is 2.31. The van der Waals surface area contributed by atoms with Gasteiger partial charge in [0.2, 0.25) is 5.95 Å². The summed E-state index contributed by atoms with van der Waals surface area (Å²) < 4.78 is 15.0. The Morgan fingerprint density at radius 2 is 2.15 bits per heavy atom. The lowest BCUT2D eigenvalue weighted by molar-refractivity contribution is 0.622. The van der Waals surface area contributed by atoms with Crippen LogP contribution in [0, 0.1) is 12.7 Å². The number of nitrogens with zero attached hydrogens (tertiary/aromatic N) is 3. The summed E-state index contributed by atoms with van der Waals surface area (Å²) in [5, 5.41) is 0. The van der Waals surface area contributed by atoms with Crippen LogP contribution in [0.5, 0.6) is 0 Å². The largest absolute Gasteiger partial charge is 0.369 e. The van der Waals surface area contributed by atoms with Crippen molar-refractivity contribution in [2.75, 3.05) is 5.73 Å². The van der Waals surface area contributed by atoms with E-state index in [1.165, 1.54) is 12.1 Å². The molecule has 0 atom stereocenters. The lowest BCUT2D eigenvalue weighted by Gasteiger charge is -2.06. The van der Waals surface area contributed by atoms with E-state index < -0.39 is 0 Å². The summed E-state index contributed by atoms with van der Waals surface area (Å²) >= 11 is 0. The van der Waals surface area contributed by atoms with E-state index in [9.17, 15) is 4.39 Å². The molecule has 3 rings (SSSR count). The van der Waals surface area contributed by atoms with Crippen LogP contribution in [0.4, 0.5) is 10.3 Å². The molecule has 0 unspecified atom stereocenters. The van der Waals surface area contributed by atoms with E-state index in [2.05, 4.69) is 9.97 Å². The van der Waals surface area contributed by atoms with Crippen LogP contribution in [0.25, 0.3) is 11.2 Å². The van der Waals surface area contributed by atoms with E-state index in [4.69, 9.17) is 5.73 Å². The third-order valence-corrected chi connectivity index (χ3v) is 3.38. The summed E-state index contributed by atoms with van der Waals surface area (Å²) in [4.78, 5) is 8.69. The number of fused-ring (bicyclic) bond motifs is 1. The number of benzene rings is 1. The van der Waals surface area contributed by atoms with Crippen molar-refractivity contribution in [1.29, 1.82) is 0 Å². The van der Waals surface area contributed by atoms with Gasteiger partial charge in [-0.2, -0.15) is 0 Å². The van der Waals surface area contributed by atoms with Crippen LogP contribution in [0.1, 0.15) is 11.1 Å². The Kier molecular flexibility index (Phi) is 3.10. The smallest absolute Gasteiger partial charge is 0.202 e. The first-order valence-corrected chi connectivity index (χ1v) is 6.47. The van der Waals surface area contributed by atoms with E-state index in [0.717, 1.165) is 22.3 Å². The first kappa shape index (κ1) is 12.6. The number of imidazole rings is 1. The van der Waals surface area contributed by atoms with Gasteiger partial charge in [-0.25, -0.2) is 14.4 Å². The second-order valence-electron chi connectivity index (χ2n) is 4.80. The first-order valence-electron chi connectivity index (χ1n) is 6.47. The normalized spacial score (nSPS) is 11.1. The number of anilines is 1. The van der Waals surface area contributed by atoms with E-state index in [0.29, 0.717) is 18.9 Å². The standard InChI is InChI=1S/C15H15FN4/c1-10-5-7-18-14-13(10)19-15(17)20(14)8-6-11-3-2-4-12(16)9-11/h2-5,7,9H,6,8H2,1H3,(H2,17,19). The number of aromatic nitrogens is 3. The Morgan fingerprint density at radius 1 is 1.30 bits per heavy atom. The van der Waals surface area contributed by atoms with Crippen molar-refractivity contribution in [3.05, 3.63) is 53.5 Å². The maximum Gasteiger partial charge on any atom is 0.202 e. The van der Waals surface area contributed by atoms with Gasteiger partial charge in [-0.1, -0.05) is 12.1 Å². The Balaban J connectivity index is 1.91. The topological polar surface area (TPSA) is 56.7 Å². The van der Waals surface area contributed by atoms with Gasteiger partial charge in [0.05, 0.1) is 0 Å². The lowest BCUT2D eigenvalue weighted by atomic mass is 10.1. The number of pyridine rings is 1. The molecule has 5 heteroatoms. The maximum atomic E-state index is 13.2. The van der Waals surface area contributed by atoms with Crippen molar-refractivity contribution in [3.63, 3.8) is 0 Å². The van der Waals surface area contributed by atoms with Gasteiger partial charge >= 0.3 is 0 Å². The van der Waals surface area contributed by atoms with Crippen molar-refractivity contribution in [2.24, 2.45) is 0 Å². The number of nitrogens with two attached hydrogens (primary N) is 1. The minimum atomic E-state index is -0.222. The van der Waals surface area contributed by atoms with Crippen molar-refractivity contribution >= 4 is 17.1 Å². The van der Waals surface area contributed by atoms with Gasteiger partial charge in [-0.3, -0.25) is 4.57 Å². The van der Waals surface area contributed by atoms with E-state index in [-0.39, 0.29) is 5.82 Å². The summed E-state index contributed by atoms with van der Waals surface area (Å²) in [6, 6.07) is 8.49. The summed E-state index contributed by atoms with van der Waals surface area (Å²) in [5.74, 6) is 0.220. The molecule has 102 valence electrons. The molecule has 0 spiro atoms. The number of rotatable bonds is 3. The van der Waals surface area contributed by atoms with E-state index in [1.54, 1.807) is 12.3 Å². The number of halogens is 1. The second kappa shape index (κ2) is 4.92. The highest BCUT2D eigenvalue weighted by Crippen LogP contribution is 2.19. The molecule has 2 heterocycles. The van der Waals surface area contributed by atoms with Crippen LogP contribution < -0.4 is 5.73 Å². The summed E-state index contributed by atoms with van der Waals surface area (Å²) in [6.07, 6.45) is 2.43. The Morgan fingerprint density at radius 3 is 2.95 bits per heavy atom. The maximum absolute atomic E-state index is 13.2. The van der Waals surface area contributed by atoms with Crippen LogP contribution in [-0.2, 0) is 13.0 Å². The molecule has 0 saturated carbocycles. The van der Waals surface area contributed by atoms with Crippen molar-refractivity contribution < 1.29 is 4.39 Å². The number of hydrogen-bond donors (Lipinski definition) is 1. The third-order valence-electron chi connectivity index (χ3n) is 3.38. The quantitative estimate of drug-likeness (QED) is 0.796. The molecule has 3 aromatic rings. The van der Waals surface area contributed by atoms with Crippen LogP contribution in [0.3, 0.4) is 0 Å². The van der Waals surface area contributed by atoms with Gasteiger partial charge in [0.15, 0.2) is 5.65 Å². The van der Waals surface area contributed by atoms with Gasteiger partial charge in [0.1, 0.15) is 11.3 Å². The molecule has 0 radical (unpaired) electrons. The number of aryl methyl sites for hydroxylation is 3. The molecule has 0 aliphatic carbocycles. The fourth-order valence-corrected chi connectivity index (χ4v) is 2.31. The Labute approximate surface area is 116 Å². The number of hydrogen-bond acceptors (Lipinski definition) is 3. The van der Waals surface area contributed by atoms with Crippen LogP contribution in [0.15, 0.2) is 36.5 Å². The molecule has 2 aromatic heterocycles. The molecule has 2 N–H and O–H groups in total. The molecule has 0 saturated heterocycles. The highest BCUT2D eigenvalue weighted by Gasteiger charge is 2.10. The fraction of sp³-hybridized carbons (Fsp3) is 0.200. The Bertz CT molecular complexity index is 764. The van der Waals surface area contributed by atoms with Gasteiger partial charge in [0, 0.05) is 12.7 Å². The molecule has 1 aromatic carbocycles. The first-order chi connectivity index (χ1) is 9.65. The third kappa shape index (κ3) is 2.22. The van der Waals surface area contributed by atoms with Crippen molar-refractivity contribution in [2.45, 2.75) is 19.9 Å². The zero-order chi connectivity index (χ0) is 14.1. The summed E-state index contributed by atoms with van der Waals surface area (Å²) in [6.45, 7) is 2.61. The molecule has 0 fully saturated rings. The molecular formula is C15H15FN4. The average molecular weight is 270 g/mol. The number of nitrogen functional groups attached to an aromatic ring is 1. The SMILES string of the molecule is Cc1ccnc2c1nc(N)n2CCc1cccc(F)c1. The molecular weight excluding hydrogens is 255 g/mol. The zero-order valence-electron chi connectivity index (χ0n) is 11.2.